The first-order valence-electron chi connectivity index (χ1n) is 7.10. The highest BCUT2D eigenvalue weighted by atomic mass is 14.8. The van der Waals surface area contributed by atoms with Gasteiger partial charge in [0.05, 0.1) is 33.1 Å². The van der Waals surface area contributed by atoms with Gasteiger partial charge in [0.15, 0.2) is 0 Å². The number of benzene rings is 2. The van der Waals surface area contributed by atoms with E-state index in [0.717, 1.165) is 43.9 Å². The number of nitrogens with zero attached hydrogens (tertiary/aromatic N) is 4. The summed E-state index contributed by atoms with van der Waals surface area (Å²) in [4.78, 5) is 18.7. The molecule has 0 amide bonds. The van der Waals surface area contributed by atoms with Crippen LogP contribution in [0.25, 0.3) is 43.9 Å². The summed E-state index contributed by atoms with van der Waals surface area (Å²) in [6, 6.07) is 15.8. The van der Waals surface area contributed by atoms with Crippen molar-refractivity contribution in [2.24, 2.45) is 0 Å². The maximum Gasteiger partial charge on any atom is 0.0996 e. The van der Waals surface area contributed by atoms with Gasteiger partial charge in [-0.25, -0.2) is 9.97 Å². The summed E-state index contributed by atoms with van der Waals surface area (Å²) in [7, 11) is 0. The third-order valence-corrected chi connectivity index (χ3v) is 3.92. The molecule has 0 bridgehead atoms. The van der Waals surface area contributed by atoms with Gasteiger partial charge in [-0.1, -0.05) is 12.1 Å². The summed E-state index contributed by atoms with van der Waals surface area (Å²) in [5, 5.41) is 1.98. The number of hydrogen-bond donors (Lipinski definition) is 0. The lowest BCUT2D eigenvalue weighted by atomic mass is 10.1. The molecule has 4 heteroatoms. The molecular weight excluding hydrogens is 272 g/mol. The Labute approximate surface area is 125 Å². The number of aromatic nitrogens is 4. The van der Waals surface area contributed by atoms with Gasteiger partial charge >= 0.3 is 0 Å². The molecule has 102 valence electrons. The minimum absolute atomic E-state index is 0.871. The highest BCUT2D eigenvalue weighted by molar-refractivity contribution is 6.21. The molecule has 0 aliphatic rings. The zero-order valence-electron chi connectivity index (χ0n) is 11.6. The number of fused-ring (bicyclic) bond motifs is 7. The molecule has 0 N–H and O–H groups in total. The first-order chi connectivity index (χ1) is 10.9. The highest BCUT2D eigenvalue weighted by Crippen LogP contribution is 2.31. The Morgan fingerprint density at radius 1 is 0.500 bits per heavy atom. The van der Waals surface area contributed by atoms with Crippen LogP contribution < -0.4 is 0 Å². The molecule has 0 unspecified atom stereocenters. The van der Waals surface area contributed by atoms with Crippen LogP contribution in [-0.4, -0.2) is 19.9 Å². The SMILES string of the molecule is c1ccc2nc3c4cccnc4c4ncccc4c3nc2c1. The molecule has 0 radical (unpaired) electrons. The second kappa shape index (κ2) is 4.18. The molecule has 0 atom stereocenters. The predicted octanol–water partition coefficient (Wildman–Crippen LogP) is 3.88. The average molecular weight is 282 g/mol. The van der Waals surface area contributed by atoms with Gasteiger partial charge in [0.25, 0.3) is 0 Å². The molecule has 0 spiro atoms. The fourth-order valence-electron chi connectivity index (χ4n) is 2.95. The molecule has 0 saturated heterocycles. The first-order valence-corrected chi connectivity index (χ1v) is 7.10. The van der Waals surface area contributed by atoms with Gasteiger partial charge < -0.3 is 0 Å². The largest absolute Gasteiger partial charge is 0.254 e. The molecule has 4 nitrogen and oxygen atoms in total. The van der Waals surface area contributed by atoms with Crippen molar-refractivity contribution in [1.82, 2.24) is 19.9 Å². The fourth-order valence-corrected chi connectivity index (χ4v) is 2.95. The number of rotatable bonds is 0. The van der Waals surface area contributed by atoms with Crippen LogP contribution in [0.1, 0.15) is 0 Å². The Hall–Kier alpha value is -3.14. The summed E-state index contributed by atoms with van der Waals surface area (Å²) < 4.78 is 0. The molecule has 3 aromatic heterocycles. The third kappa shape index (κ3) is 1.46. The quantitative estimate of drug-likeness (QED) is 0.319. The second-order valence-electron chi connectivity index (χ2n) is 5.21. The summed E-state index contributed by atoms with van der Waals surface area (Å²) >= 11 is 0. The lowest BCUT2D eigenvalue weighted by molar-refractivity contribution is 1.36. The molecule has 5 aromatic rings. The summed E-state index contributed by atoms with van der Waals surface area (Å²) in [6.45, 7) is 0. The van der Waals surface area contributed by atoms with E-state index >= 15 is 0 Å². The first kappa shape index (κ1) is 11.5. The van der Waals surface area contributed by atoms with Gasteiger partial charge in [-0.2, -0.15) is 0 Å². The lowest BCUT2D eigenvalue weighted by Gasteiger charge is -2.08. The zero-order valence-corrected chi connectivity index (χ0v) is 11.6. The van der Waals surface area contributed by atoms with Gasteiger partial charge in [-0.15, -0.1) is 0 Å². The van der Waals surface area contributed by atoms with Crippen LogP contribution in [0, 0.1) is 0 Å². The minimum atomic E-state index is 0.871. The van der Waals surface area contributed by atoms with Crippen molar-refractivity contribution in [3.05, 3.63) is 60.9 Å². The summed E-state index contributed by atoms with van der Waals surface area (Å²) in [5.41, 5.74) is 5.28. The van der Waals surface area contributed by atoms with Crippen LogP contribution in [0.5, 0.6) is 0 Å². The topological polar surface area (TPSA) is 51.6 Å². The molecular formula is C18H10N4. The Kier molecular flexibility index (Phi) is 2.19. The number of hydrogen-bond acceptors (Lipinski definition) is 4. The molecule has 5 rings (SSSR count). The third-order valence-electron chi connectivity index (χ3n) is 3.92. The highest BCUT2D eigenvalue weighted by Gasteiger charge is 2.12. The molecule has 2 aromatic carbocycles. The summed E-state index contributed by atoms with van der Waals surface area (Å²) in [5.74, 6) is 0. The summed E-state index contributed by atoms with van der Waals surface area (Å²) in [6.07, 6.45) is 3.58. The smallest absolute Gasteiger partial charge is 0.0996 e. The Bertz CT molecular complexity index is 1090. The van der Waals surface area contributed by atoms with E-state index in [4.69, 9.17) is 9.97 Å². The van der Waals surface area contributed by atoms with Crippen molar-refractivity contribution < 1.29 is 0 Å². The average Bonchev–Trinajstić information content (AvgIpc) is 2.61. The van der Waals surface area contributed by atoms with E-state index in [2.05, 4.69) is 9.97 Å². The van der Waals surface area contributed by atoms with E-state index in [-0.39, 0.29) is 0 Å². The van der Waals surface area contributed by atoms with Crippen molar-refractivity contribution >= 4 is 43.9 Å². The van der Waals surface area contributed by atoms with Crippen molar-refractivity contribution in [3.63, 3.8) is 0 Å². The van der Waals surface area contributed by atoms with Crippen molar-refractivity contribution in [2.75, 3.05) is 0 Å². The molecule has 22 heavy (non-hydrogen) atoms. The minimum Gasteiger partial charge on any atom is -0.254 e. The lowest BCUT2D eigenvalue weighted by Crippen LogP contribution is -1.93. The normalized spacial score (nSPS) is 11.6. The van der Waals surface area contributed by atoms with Crippen LogP contribution in [0.15, 0.2) is 60.9 Å². The molecule has 0 aliphatic carbocycles. The Morgan fingerprint density at radius 2 is 1.00 bits per heavy atom. The van der Waals surface area contributed by atoms with Crippen LogP contribution in [-0.2, 0) is 0 Å². The maximum atomic E-state index is 4.83. The fraction of sp³-hybridized carbons (Fsp3) is 0. The van der Waals surface area contributed by atoms with Crippen LogP contribution in [0.4, 0.5) is 0 Å². The van der Waals surface area contributed by atoms with Crippen molar-refractivity contribution in [2.45, 2.75) is 0 Å². The van der Waals surface area contributed by atoms with E-state index < -0.39 is 0 Å². The Morgan fingerprint density at radius 3 is 1.50 bits per heavy atom. The van der Waals surface area contributed by atoms with Crippen LogP contribution in [0.2, 0.25) is 0 Å². The van der Waals surface area contributed by atoms with Gasteiger partial charge in [0, 0.05) is 23.2 Å². The van der Waals surface area contributed by atoms with Gasteiger partial charge in [0.2, 0.25) is 0 Å². The van der Waals surface area contributed by atoms with E-state index in [1.54, 1.807) is 12.4 Å². The van der Waals surface area contributed by atoms with E-state index in [9.17, 15) is 0 Å². The van der Waals surface area contributed by atoms with Crippen molar-refractivity contribution in [3.8, 4) is 0 Å². The van der Waals surface area contributed by atoms with E-state index in [1.165, 1.54) is 0 Å². The maximum absolute atomic E-state index is 4.83. The molecule has 3 heterocycles. The number of pyridine rings is 2. The zero-order chi connectivity index (χ0) is 14.5. The van der Waals surface area contributed by atoms with E-state index in [1.807, 2.05) is 48.5 Å². The van der Waals surface area contributed by atoms with Crippen molar-refractivity contribution in [1.29, 1.82) is 0 Å². The van der Waals surface area contributed by atoms with Crippen LogP contribution >= 0.6 is 0 Å². The molecule has 0 fully saturated rings. The Balaban J connectivity index is 2.17. The van der Waals surface area contributed by atoms with Gasteiger partial charge in [-0.3, -0.25) is 9.97 Å². The van der Waals surface area contributed by atoms with Gasteiger partial charge in [-0.05, 0) is 36.4 Å². The number of para-hydroxylation sites is 2. The van der Waals surface area contributed by atoms with Crippen LogP contribution in [0.3, 0.4) is 0 Å². The van der Waals surface area contributed by atoms with E-state index in [0.29, 0.717) is 0 Å². The second-order valence-corrected chi connectivity index (χ2v) is 5.21. The monoisotopic (exact) mass is 282 g/mol. The standard InChI is InChI=1S/C18H10N4/c1-2-8-14-13(7-1)21-17-11-5-3-9-19-15(11)16-12(18(17)22-14)6-4-10-20-16/h1-10H. The predicted molar refractivity (Wildman–Crippen MR) is 87.6 cm³/mol. The van der Waals surface area contributed by atoms with Gasteiger partial charge in [0.1, 0.15) is 0 Å². The molecule has 0 aliphatic heterocycles. The molecule has 0 saturated carbocycles.